The van der Waals surface area contributed by atoms with Gasteiger partial charge in [0.05, 0.1) is 16.4 Å². The Kier molecular flexibility index (Phi) is 10.3. The first-order chi connectivity index (χ1) is 17.6. The zero-order valence-electron chi connectivity index (χ0n) is 22.0. The van der Waals surface area contributed by atoms with E-state index in [9.17, 15) is 18.0 Å². The Labute approximate surface area is 237 Å². The number of benzene rings is 2. The molecular weight excluding hydrogens is 545 g/mol. The Balaban J connectivity index is 0.00000400. The van der Waals surface area contributed by atoms with Crippen LogP contribution < -0.4 is 5.32 Å². The highest BCUT2D eigenvalue weighted by molar-refractivity contribution is 7.90. The average Bonchev–Trinajstić information content (AvgIpc) is 3.17. The van der Waals surface area contributed by atoms with Gasteiger partial charge in [0.15, 0.2) is 9.84 Å². The van der Waals surface area contributed by atoms with Crippen molar-refractivity contribution in [2.24, 2.45) is 5.41 Å². The number of halogens is 2. The first-order valence-electron chi connectivity index (χ1n) is 13.0. The van der Waals surface area contributed by atoms with Crippen LogP contribution in [0.2, 0.25) is 5.02 Å². The number of piperidine rings is 1. The summed E-state index contributed by atoms with van der Waals surface area (Å²) < 4.78 is 23.4. The van der Waals surface area contributed by atoms with Crippen molar-refractivity contribution < 1.29 is 18.0 Å². The van der Waals surface area contributed by atoms with Crippen molar-refractivity contribution in [3.05, 3.63) is 64.7 Å². The summed E-state index contributed by atoms with van der Waals surface area (Å²) in [5.41, 5.74) is 1.57. The zero-order chi connectivity index (χ0) is 26.6. The molecule has 2 aromatic carbocycles. The number of amides is 2. The smallest absolute Gasteiger partial charge is 0.229 e. The van der Waals surface area contributed by atoms with Crippen LogP contribution >= 0.6 is 24.0 Å². The highest BCUT2D eigenvalue weighted by Gasteiger charge is 2.47. The van der Waals surface area contributed by atoms with E-state index in [1.165, 1.54) is 6.26 Å². The molecule has 0 bridgehead atoms. The Morgan fingerprint density at radius 1 is 1.05 bits per heavy atom. The molecule has 0 radical (unpaired) electrons. The van der Waals surface area contributed by atoms with Crippen molar-refractivity contribution in [2.45, 2.75) is 56.5 Å². The van der Waals surface area contributed by atoms with Crippen LogP contribution in [0.4, 0.5) is 0 Å². The molecule has 0 saturated carbocycles. The van der Waals surface area contributed by atoms with Gasteiger partial charge in [0, 0.05) is 37.3 Å². The molecule has 2 saturated heterocycles. The average molecular weight is 583 g/mol. The molecule has 10 heteroatoms. The molecule has 2 fully saturated rings. The van der Waals surface area contributed by atoms with Crippen molar-refractivity contribution in [3.63, 3.8) is 0 Å². The monoisotopic (exact) mass is 581 g/mol. The normalized spacial score (nSPS) is 18.3. The van der Waals surface area contributed by atoms with Gasteiger partial charge < -0.3 is 15.1 Å². The van der Waals surface area contributed by atoms with Crippen LogP contribution in [-0.4, -0.2) is 62.5 Å². The zero-order valence-corrected chi connectivity index (χ0v) is 24.4. The number of sulfone groups is 1. The topological polar surface area (TPSA) is 86.8 Å². The summed E-state index contributed by atoms with van der Waals surface area (Å²) in [5, 5.41) is 3.77. The molecule has 208 valence electrons. The minimum atomic E-state index is -3.23. The van der Waals surface area contributed by atoms with E-state index in [0.717, 1.165) is 63.0 Å². The van der Waals surface area contributed by atoms with E-state index in [0.29, 0.717) is 22.9 Å². The maximum absolute atomic E-state index is 13.4. The summed E-state index contributed by atoms with van der Waals surface area (Å²) in [7, 11) is -3.23. The third-order valence-electron chi connectivity index (χ3n) is 7.81. The molecule has 2 amide bonds. The second-order valence-electron chi connectivity index (χ2n) is 10.3. The lowest BCUT2D eigenvalue weighted by molar-refractivity contribution is -0.139. The third-order valence-corrected chi connectivity index (χ3v) is 9.28. The summed E-state index contributed by atoms with van der Waals surface area (Å²) >= 11 is 6.43. The summed E-state index contributed by atoms with van der Waals surface area (Å²) in [5.74, 6) is 0.216. The molecule has 1 unspecified atom stereocenters. The molecule has 0 aliphatic carbocycles. The number of carbonyl (C=O) groups excluding carboxylic acids is 2. The van der Waals surface area contributed by atoms with Crippen LogP contribution in [0.1, 0.15) is 56.2 Å². The van der Waals surface area contributed by atoms with Gasteiger partial charge in [-0.1, -0.05) is 48.9 Å². The van der Waals surface area contributed by atoms with Crippen molar-refractivity contribution in [1.29, 1.82) is 0 Å². The van der Waals surface area contributed by atoms with E-state index in [1.807, 2.05) is 36.1 Å². The molecule has 2 heterocycles. The first-order valence-corrected chi connectivity index (χ1v) is 15.2. The highest BCUT2D eigenvalue weighted by atomic mass is 35.5. The molecule has 2 aromatic rings. The summed E-state index contributed by atoms with van der Waals surface area (Å²) in [6, 6.07) is 14.3. The predicted molar refractivity (Wildman–Crippen MR) is 152 cm³/mol. The van der Waals surface area contributed by atoms with Crippen molar-refractivity contribution in [1.82, 2.24) is 15.1 Å². The van der Waals surface area contributed by atoms with Gasteiger partial charge in [-0.25, -0.2) is 8.42 Å². The first kappa shape index (κ1) is 30.4. The number of carbonyl (C=O) groups is 2. The largest absolute Gasteiger partial charge is 0.349 e. The number of hydrogen-bond acceptors (Lipinski definition) is 5. The fourth-order valence-corrected chi connectivity index (χ4v) is 6.34. The van der Waals surface area contributed by atoms with Gasteiger partial charge in [0.2, 0.25) is 11.8 Å². The van der Waals surface area contributed by atoms with E-state index >= 15 is 0 Å². The lowest BCUT2D eigenvalue weighted by atomic mass is 9.77. The minimum absolute atomic E-state index is 0. The maximum Gasteiger partial charge on any atom is 0.229 e. The molecule has 0 aromatic heterocycles. The maximum atomic E-state index is 13.4. The number of likely N-dealkylation sites (tertiary alicyclic amines) is 2. The summed E-state index contributed by atoms with van der Waals surface area (Å²) in [6.07, 6.45) is 4.89. The van der Waals surface area contributed by atoms with E-state index in [4.69, 9.17) is 11.6 Å². The van der Waals surface area contributed by atoms with Gasteiger partial charge in [0.1, 0.15) is 0 Å². The van der Waals surface area contributed by atoms with Gasteiger partial charge >= 0.3 is 0 Å². The third kappa shape index (κ3) is 7.08. The van der Waals surface area contributed by atoms with Gasteiger partial charge in [-0.3, -0.25) is 9.59 Å². The SMILES string of the molecule is CCC(=O)NC(CCN1CCC2(CC1)CCN(Cc1ccc(S(C)(=O)=O)cc1)C2=O)c1ccccc1Cl.Cl. The number of rotatable bonds is 9. The fraction of sp³-hybridized carbons (Fsp3) is 0.500. The second-order valence-corrected chi connectivity index (χ2v) is 12.7. The van der Waals surface area contributed by atoms with Crippen LogP contribution in [0.3, 0.4) is 0 Å². The van der Waals surface area contributed by atoms with Crippen LogP contribution in [0.25, 0.3) is 0 Å². The molecule has 1 N–H and O–H groups in total. The molecular formula is C28H37Cl2N3O4S. The second kappa shape index (κ2) is 12.8. The van der Waals surface area contributed by atoms with E-state index in [1.54, 1.807) is 24.3 Å². The van der Waals surface area contributed by atoms with Gasteiger partial charge in [0.25, 0.3) is 0 Å². The van der Waals surface area contributed by atoms with Crippen LogP contribution in [-0.2, 0) is 26.0 Å². The summed E-state index contributed by atoms with van der Waals surface area (Å²) in [6.45, 7) is 5.59. The Bertz CT molecular complexity index is 1230. The standard InChI is InChI=1S/C28H36ClN3O4S.ClH/c1-3-26(33)30-25(23-6-4-5-7-24(23)29)12-16-31-17-13-28(14-18-31)15-19-32(27(28)34)20-21-8-10-22(11-9-21)37(2,35)36;/h4-11,25H,3,12-20H2,1-2H3,(H,30,33);1H. The van der Waals surface area contributed by atoms with E-state index < -0.39 is 9.84 Å². The van der Waals surface area contributed by atoms with Gasteiger partial charge in [-0.05, 0) is 68.1 Å². The molecule has 2 aliphatic heterocycles. The molecule has 38 heavy (non-hydrogen) atoms. The number of hydrogen-bond donors (Lipinski definition) is 1. The molecule has 4 rings (SSSR count). The van der Waals surface area contributed by atoms with Crippen LogP contribution in [0.5, 0.6) is 0 Å². The lowest BCUT2D eigenvalue weighted by Crippen LogP contribution is -2.45. The van der Waals surface area contributed by atoms with Crippen molar-refractivity contribution in [3.8, 4) is 0 Å². The molecule has 1 atom stereocenters. The van der Waals surface area contributed by atoms with Crippen LogP contribution in [0.15, 0.2) is 53.4 Å². The van der Waals surface area contributed by atoms with Crippen LogP contribution in [0, 0.1) is 5.41 Å². The van der Waals surface area contributed by atoms with E-state index in [-0.39, 0.29) is 35.7 Å². The van der Waals surface area contributed by atoms with Crippen molar-refractivity contribution >= 4 is 45.7 Å². The summed E-state index contributed by atoms with van der Waals surface area (Å²) in [4.78, 5) is 30.1. The molecule has 7 nitrogen and oxygen atoms in total. The number of nitrogens with zero attached hydrogens (tertiary/aromatic N) is 2. The Hall–Kier alpha value is -2.13. The predicted octanol–water partition coefficient (Wildman–Crippen LogP) is 4.64. The van der Waals surface area contributed by atoms with Crippen molar-refractivity contribution in [2.75, 3.05) is 32.4 Å². The highest BCUT2D eigenvalue weighted by Crippen LogP contribution is 2.42. The Morgan fingerprint density at radius 2 is 1.68 bits per heavy atom. The lowest BCUT2D eigenvalue weighted by Gasteiger charge is -2.38. The quantitative estimate of drug-likeness (QED) is 0.466. The molecule has 1 spiro atoms. The van der Waals surface area contributed by atoms with E-state index in [2.05, 4.69) is 10.2 Å². The minimum Gasteiger partial charge on any atom is -0.349 e. The van der Waals surface area contributed by atoms with Gasteiger partial charge in [-0.2, -0.15) is 0 Å². The van der Waals surface area contributed by atoms with Gasteiger partial charge in [-0.15, -0.1) is 12.4 Å². The molecule has 2 aliphatic rings. The Morgan fingerprint density at radius 3 is 2.29 bits per heavy atom. The fourth-order valence-electron chi connectivity index (χ4n) is 5.45. The number of nitrogens with one attached hydrogen (secondary N) is 1.